The first-order valence-corrected chi connectivity index (χ1v) is 9.45. The van der Waals surface area contributed by atoms with Gasteiger partial charge in [-0.15, -0.1) is 24.0 Å². The van der Waals surface area contributed by atoms with Gasteiger partial charge >= 0.3 is 5.97 Å². The predicted octanol–water partition coefficient (Wildman–Crippen LogP) is 2.40. The average molecular weight is 502 g/mol. The van der Waals surface area contributed by atoms with Gasteiger partial charge in [-0.25, -0.2) is 9.79 Å². The Morgan fingerprint density at radius 1 is 1.29 bits per heavy atom. The van der Waals surface area contributed by atoms with Crippen molar-refractivity contribution in [2.75, 3.05) is 26.7 Å². The van der Waals surface area contributed by atoms with Crippen LogP contribution in [0.25, 0.3) is 0 Å². The zero-order chi connectivity index (χ0) is 19.8. The number of halogens is 1. The minimum Gasteiger partial charge on any atom is -0.465 e. The van der Waals surface area contributed by atoms with E-state index in [1.165, 1.54) is 7.11 Å². The smallest absolute Gasteiger partial charge is 0.337 e. The number of methoxy groups -OCH3 is 1. The van der Waals surface area contributed by atoms with Gasteiger partial charge in [-0.1, -0.05) is 26.0 Å². The molecular weight excluding hydrogens is 471 g/mol. The lowest BCUT2D eigenvalue weighted by Crippen LogP contribution is -2.45. The summed E-state index contributed by atoms with van der Waals surface area (Å²) < 4.78 is 4.71. The number of amides is 1. The topological polar surface area (TPSA) is 83.0 Å². The van der Waals surface area contributed by atoms with Crippen LogP contribution < -0.4 is 10.6 Å². The molecule has 1 aromatic rings. The van der Waals surface area contributed by atoms with Gasteiger partial charge < -0.3 is 20.3 Å². The maximum Gasteiger partial charge on any atom is 0.337 e. The van der Waals surface area contributed by atoms with Crippen LogP contribution in [-0.4, -0.2) is 55.5 Å². The van der Waals surface area contributed by atoms with E-state index in [9.17, 15) is 9.59 Å². The third-order valence-corrected chi connectivity index (χ3v) is 4.47. The molecule has 7 nitrogen and oxygen atoms in total. The molecule has 1 heterocycles. The molecule has 1 aliphatic heterocycles. The summed E-state index contributed by atoms with van der Waals surface area (Å²) in [6.45, 7) is 8.62. The van der Waals surface area contributed by atoms with Gasteiger partial charge in [0.2, 0.25) is 5.91 Å². The lowest BCUT2D eigenvalue weighted by atomic mass is 10.1. The van der Waals surface area contributed by atoms with Gasteiger partial charge in [0.15, 0.2) is 5.96 Å². The molecule has 1 aromatic carbocycles. The first-order valence-electron chi connectivity index (χ1n) is 9.45. The third-order valence-electron chi connectivity index (χ3n) is 4.47. The summed E-state index contributed by atoms with van der Waals surface area (Å²) in [4.78, 5) is 30.2. The molecule has 0 radical (unpaired) electrons. The first kappa shape index (κ1) is 24.2. The molecule has 156 valence electrons. The van der Waals surface area contributed by atoms with E-state index in [0.29, 0.717) is 18.7 Å². The quantitative estimate of drug-likeness (QED) is 0.270. The number of rotatable bonds is 6. The number of nitrogens with zero attached hydrogens (tertiary/aromatic N) is 2. The molecule has 1 unspecified atom stereocenters. The molecule has 8 heteroatoms. The van der Waals surface area contributed by atoms with Gasteiger partial charge in [-0.05, 0) is 31.0 Å². The number of hydrogen-bond acceptors (Lipinski definition) is 4. The van der Waals surface area contributed by atoms with Crippen molar-refractivity contribution in [3.8, 4) is 0 Å². The largest absolute Gasteiger partial charge is 0.465 e. The molecule has 0 saturated carbocycles. The van der Waals surface area contributed by atoms with Crippen LogP contribution in [0.15, 0.2) is 29.3 Å². The molecule has 0 aliphatic carbocycles. The molecule has 28 heavy (non-hydrogen) atoms. The number of nitrogens with one attached hydrogen (secondary N) is 2. The standard InChI is InChI=1S/C20H30N4O3.HI/c1-5-21-20(23-17-10-11-24(13-17)18(25)14(2)3)22-12-15-6-8-16(9-7-15)19(26)27-4;/h6-9,14,17H,5,10-13H2,1-4H3,(H2,21,22,23);1H. The number of carbonyl (C=O) groups excluding carboxylic acids is 2. The van der Waals surface area contributed by atoms with Gasteiger partial charge in [-0.2, -0.15) is 0 Å². The highest BCUT2D eigenvalue weighted by Crippen LogP contribution is 2.13. The van der Waals surface area contributed by atoms with Crippen LogP contribution in [0.2, 0.25) is 0 Å². The van der Waals surface area contributed by atoms with E-state index >= 15 is 0 Å². The van der Waals surface area contributed by atoms with Crippen LogP contribution in [0.5, 0.6) is 0 Å². The second-order valence-corrected chi connectivity index (χ2v) is 6.95. The number of ether oxygens (including phenoxy) is 1. The van der Waals surface area contributed by atoms with Gasteiger partial charge in [0.05, 0.1) is 19.2 Å². The van der Waals surface area contributed by atoms with Crippen LogP contribution in [0.4, 0.5) is 0 Å². The molecule has 1 amide bonds. The minimum absolute atomic E-state index is 0. The Balaban J connectivity index is 0.00000392. The van der Waals surface area contributed by atoms with E-state index in [1.807, 2.05) is 37.8 Å². The third kappa shape index (κ3) is 6.96. The maximum atomic E-state index is 12.1. The summed E-state index contributed by atoms with van der Waals surface area (Å²) in [6.07, 6.45) is 0.913. The predicted molar refractivity (Wildman–Crippen MR) is 121 cm³/mol. The Bertz CT molecular complexity index is 677. The summed E-state index contributed by atoms with van der Waals surface area (Å²) in [6, 6.07) is 7.43. The van der Waals surface area contributed by atoms with Crippen molar-refractivity contribution < 1.29 is 14.3 Å². The Kier molecular flexibility index (Phi) is 10.3. The van der Waals surface area contributed by atoms with Crippen molar-refractivity contribution in [1.82, 2.24) is 15.5 Å². The van der Waals surface area contributed by atoms with Gasteiger partial charge in [-0.3, -0.25) is 4.79 Å². The van der Waals surface area contributed by atoms with Crippen LogP contribution >= 0.6 is 24.0 Å². The minimum atomic E-state index is -0.346. The fraction of sp³-hybridized carbons (Fsp3) is 0.550. The van der Waals surface area contributed by atoms with Gasteiger partial charge in [0.1, 0.15) is 0 Å². The highest BCUT2D eigenvalue weighted by atomic mass is 127. The van der Waals surface area contributed by atoms with Gasteiger partial charge in [0.25, 0.3) is 0 Å². The van der Waals surface area contributed by atoms with Crippen molar-refractivity contribution in [2.24, 2.45) is 10.9 Å². The molecule has 2 rings (SSSR count). The van der Waals surface area contributed by atoms with Crippen LogP contribution in [0, 0.1) is 5.92 Å². The average Bonchev–Trinajstić information content (AvgIpc) is 3.13. The summed E-state index contributed by atoms with van der Waals surface area (Å²) in [5.41, 5.74) is 1.53. The molecule has 2 N–H and O–H groups in total. The van der Waals surface area contributed by atoms with Crippen molar-refractivity contribution in [3.63, 3.8) is 0 Å². The summed E-state index contributed by atoms with van der Waals surface area (Å²) in [7, 11) is 1.37. The lowest BCUT2D eigenvalue weighted by molar-refractivity contribution is -0.133. The molecule has 0 spiro atoms. The normalized spacial score (nSPS) is 16.5. The summed E-state index contributed by atoms with van der Waals surface area (Å²) in [5, 5.41) is 6.67. The fourth-order valence-corrected chi connectivity index (χ4v) is 2.99. The number of likely N-dealkylation sites (tertiary alicyclic amines) is 1. The Labute approximate surface area is 184 Å². The Hall–Kier alpha value is -1.84. The van der Waals surface area contributed by atoms with E-state index in [4.69, 9.17) is 4.74 Å². The van der Waals surface area contributed by atoms with Crippen molar-refractivity contribution in [2.45, 2.75) is 39.8 Å². The zero-order valence-corrected chi connectivity index (χ0v) is 19.4. The van der Waals surface area contributed by atoms with Crippen molar-refractivity contribution in [1.29, 1.82) is 0 Å². The maximum absolute atomic E-state index is 12.1. The Morgan fingerprint density at radius 3 is 2.54 bits per heavy atom. The monoisotopic (exact) mass is 502 g/mol. The van der Waals surface area contributed by atoms with Crippen LogP contribution in [0.3, 0.4) is 0 Å². The van der Waals surface area contributed by atoms with E-state index in [-0.39, 0.29) is 47.8 Å². The number of benzene rings is 1. The molecule has 1 atom stereocenters. The fourth-order valence-electron chi connectivity index (χ4n) is 2.99. The number of carbonyl (C=O) groups is 2. The number of hydrogen-bond donors (Lipinski definition) is 2. The molecular formula is C20H31IN4O3. The second-order valence-electron chi connectivity index (χ2n) is 6.95. The SMILES string of the molecule is CCNC(=NCc1ccc(C(=O)OC)cc1)NC1CCN(C(=O)C(C)C)C1.I. The van der Waals surface area contributed by atoms with Crippen molar-refractivity contribution >= 4 is 41.8 Å². The summed E-state index contributed by atoms with van der Waals surface area (Å²) >= 11 is 0. The highest BCUT2D eigenvalue weighted by molar-refractivity contribution is 14.0. The molecule has 0 bridgehead atoms. The molecule has 1 aliphatic rings. The zero-order valence-electron chi connectivity index (χ0n) is 17.0. The molecule has 0 aromatic heterocycles. The van der Waals surface area contributed by atoms with E-state index < -0.39 is 0 Å². The number of guanidine groups is 1. The Morgan fingerprint density at radius 2 is 1.96 bits per heavy atom. The first-order chi connectivity index (χ1) is 12.9. The van der Waals surface area contributed by atoms with Crippen molar-refractivity contribution in [3.05, 3.63) is 35.4 Å². The number of aliphatic imine (C=N–C) groups is 1. The van der Waals surface area contributed by atoms with Gasteiger partial charge in [0, 0.05) is 31.6 Å². The van der Waals surface area contributed by atoms with Crippen LogP contribution in [0.1, 0.15) is 43.1 Å². The van der Waals surface area contributed by atoms with E-state index in [1.54, 1.807) is 12.1 Å². The number of esters is 1. The van der Waals surface area contributed by atoms with E-state index in [2.05, 4.69) is 15.6 Å². The second kappa shape index (κ2) is 11.9. The summed E-state index contributed by atoms with van der Waals surface area (Å²) in [5.74, 6) is 0.616. The van der Waals surface area contributed by atoms with E-state index in [0.717, 1.165) is 31.0 Å². The molecule has 1 saturated heterocycles. The molecule has 1 fully saturated rings. The highest BCUT2D eigenvalue weighted by Gasteiger charge is 2.27. The van der Waals surface area contributed by atoms with Crippen LogP contribution in [-0.2, 0) is 16.1 Å². The lowest BCUT2D eigenvalue weighted by Gasteiger charge is -2.20.